The molecule has 80 heavy (non-hydrogen) atoms. The van der Waals surface area contributed by atoms with E-state index >= 15 is 4.79 Å². The Morgan fingerprint density at radius 2 is 1.39 bits per heavy atom. The number of Topliss-reactive ketones (excluding diaryl/α,β-unsaturated/α-hetero) is 1. The number of rotatable bonds is 11. The van der Waals surface area contributed by atoms with Gasteiger partial charge in [0.15, 0.2) is 30.8 Å². The predicted molar refractivity (Wildman–Crippen MR) is 293 cm³/mol. The van der Waals surface area contributed by atoms with Crippen molar-refractivity contribution in [1.82, 2.24) is 5.32 Å². The first kappa shape index (κ1) is 61.2. The van der Waals surface area contributed by atoms with Crippen LogP contribution in [0.1, 0.15) is 148 Å². The van der Waals surface area contributed by atoms with Gasteiger partial charge in [0, 0.05) is 68.1 Å². The molecule has 6 fully saturated rings. The van der Waals surface area contributed by atoms with Gasteiger partial charge in [0.2, 0.25) is 11.7 Å². The summed E-state index contributed by atoms with van der Waals surface area (Å²) in [5.74, 6) is -3.95. The Labute approximate surface area is 473 Å². The molecule has 5 saturated heterocycles. The van der Waals surface area contributed by atoms with Crippen molar-refractivity contribution in [2.75, 3.05) is 0 Å². The number of fused-ring (bicyclic) bond motifs is 4. The molecule has 6 N–H and O–H groups in total. The third kappa shape index (κ3) is 11.7. The van der Waals surface area contributed by atoms with E-state index in [4.69, 9.17) is 42.6 Å². The number of ether oxygens (including phenoxy) is 9. The van der Waals surface area contributed by atoms with Crippen LogP contribution in [0.25, 0.3) is 0 Å². The number of aliphatic hydroxyl groups excluding tert-OH is 4. The molecule has 448 valence electrons. The third-order valence-electron chi connectivity index (χ3n) is 19.7. The fraction of sp³-hybridized carbons (Fsp3) is 0.790. The molecule has 0 aromatic carbocycles. The van der Waals surface area contributed by atoms with E-state index in [1.165, 1.54) is 6.92 Å². The maximum Gasteiger partial charge on any atom is 0.346 e. The first-order chi connectivity index (χ1) is 37.7. The highest BCUT2D eigenvalue weighted by Crippen LogP contribution is 2.61. The molecule has 0 aromatic heterocycles. The molecule has 9 rings (SSSR count). The number of allylic oxidation sites excluding steroid dienone is 4. The predicted octanol–water partition coefficient (Wildman–Crippen LogP) is 7.11. The average Bonchev–Trinajstić information content (AvgIpc) is 3.64. The van der Waals surface area contributed by atoms with Crippen molar-refractivity contribution in [3.05, 3.63) is 58.9 Å². The quantitative estimate of drug-likeness (QED) is 0.0686. The van der Waals surface area contributed by atoms with Gasteiger partial charge in [-0.15, -0.1) is 0 Å². The van der Waals surface area contributed by atoms with Crippen LogP contribution in [-0.2, 0) is 57.0 Å². The smallest absolute Gasteiger partial charge is 0.346 e. The Kier molecular flexibility index (Phi) is 18.3. The van der Waals surface area contributed by atoms with E-state index < -0.39 is 126 Å². The zero-order valence-electron chi connectivity index (χ0n) is 49.3. The summed E-state index contributed by atoms with van der Waals surface area (Å²) in [5.41, 5.74) is -2.79. The van der Waals surface area contributed by atoms with Crippen LogP contribution in [0, 0.1) is 52.8 Å². The van der Waals surface area contributed by atoms with Crippen molar-refractivity contribution in [1.29, 1.82) is 0 Å². The summed E-state index contributed by atoms with van der Waals surface area (Å²) in [6.07, 6.45) is 6.23. The third-order valence-corrected chi connectivity index (χ3v) is 19.7. The van der Waals surface area contributed by atoms with Crippen LogP contribution in [0.2, 0.25) is 0 Å². The van der Waals surface area contributed by atoms with E-state index in [9.17, 15) is 35.1 Å². The average molecular weight is 1120 g/mol. The second kappa shape index (κ2) is 23.9. The minimum Gasteiger partial charge on any atom is -0.511 e. The van der Waals surface area contributed by atoms with Gasteiger partial charge in [0.05, 0.1) is 66.6 Å². The lowest BCUT2D eigenvalue weighted by Gasteiger charge is -2.56. The van der Waals surface area contributed by atoms with Crippen LogP contribution in [0.15, 0.2) is 58.9 Å². The van der Waals surface area contributed by atoms with E-state index in [0.29, 0.717) is 12.8 Å². The van der Waals surface area contributed by atoms with Gasteiger partial charge in [-0.1, -0.05) is 83.1 Å². The standard InChI is InChI=1S/C62H93NO17/c1-14-15-39-16-17-40-24-33(6)53(79-49-28-60(12,71)56(37(10)75-49)63-38(11)64)31(4)22-29(2)42-19-18-41-51(61(42,13)57(68)50-58(69)62(40,27-39)80-59(50)70)30(3)23-32(5)54(41)77-46-21-20-45(34(7)72-46)76-47-26-44(66)55(36(9)74-47)78-48-25-43(65)52(67)35(8)73-48/h16-19,22,24,30-32,34-37,39-49,51-56,65-68,71H,14-15,20-21,23,25-28H2,1-13H3,(H,63,64)/b29-22-,33-24-,57-50-/t30-,31+,32+,34-,35-,36-,37+,39+,40-,41-,42-,43-,44+,45-,46+,47-,48+,49+,51+,52+,53-,54-,55+,56-,60-,61-,62+/m0/s1. The normalized spacial score (nSPS) is 51.2. The molecule has 1 spiro atoms. The summed E-state index contributed by atoms with van der Waals surface area (Å²) in [5, 5.41) is 59.6. The molecule has 2 bridgehead atoms. The second-order valence-corrected chi connectivity index (χ2v) is 26.0. The number of hydrogen-bond acceptors (Lipinski definition) is 17. The lowest BCUT2D eigenvalue weighted by atomic mass is 9.49. The molecule has 18 heteroatoms. The van der Waals surface area contributed by atoms with Gasteiger partial charge in [0.25, 0.3) is 0 Å². The zero-order valence-corrected chi connectivity index (χ0v) is 49.3. The second-order valence-electron chi connectivity index (χ2n) is 26.0. The molecule has 0 radical (unpaired) electrons. The summed E-state index contributed by atoms with van der Waals surface area (Å²) in [4.78, 5) is 42.5. The first-order valence-corrected chi connectivity index (χ1v) is 29.9. The number of esters is 1. The molecule has 9 aliphatic rings. The van der Waals surface area contributed by atoms with Gasteiger partial charge in [-0.3, -0.25) is 9.59 Å². The van der Waals surface area contributed by atoms with Gasteiger partial charge < -0.3 is 73.5 Å². The highest BCUT2D eigenvalue weighted by Gasteiger charge is 2.63. The zero-order chi connectivity index (χ0) is 58.1. The fourth-order valence-corrected chi connectivity index (χ4v) is 15.9. The van der Waals surface area contributed by atoms with Gasteiger partial charge in [0.1, 0.15) is 23.5 Å². The summed E-state index contributed by atoms with van der Waals surface area (Å²) < 4.78 is 58.2. The van der Waals surface area contributed by atoms with Gasteiger partial charge in [-0.25, -0.2) is 4.79 Å². The van der Waals surface area contributed by atoms with Gasteiger partial charge >= 0.3 is 5.97 Å². The van der Waals surface area contributed by atoms with Crippen LogP contribution in [0.3, 0.4) is 0 Å². The van der Waals surface area contributed by atoms with Crippen LogP contribution in [-0.4, -0.2) is 153 Å². The number of ketones is 1. The summed E-state index contributed by atoms with van der Waals surface area (Å²) in [7, 11) is 0. The maximum absolute atomic E-state index is 15.6. The maximum atomic E-state index is 15.6. The van der Waals surface area contributed by atoms with Crippen molar-refractivity contribution in [2.24, 2.45) is 52.8 Å². The van der Waals surface area contributed by atoms with Crippen LogP contribution in [0.5, 0.6) is 0 Å². The van der Waals surface area contributed by atoms with Crippen LogP contribution >= 0.6 is 0 Å². The molecule has 5 heterocycles. The monoisotopic (exact) mass is 1120 g/mol. The Morgan fingerprint density at radius 3 is 2.05 bits per heavy atom. The number of aliphatic hydroxyl groups is 5. The minimum atomic E-state index is -1.62. The Bertz CT molecular complexity index is 2410. The van der Waals surface area contributed by atoms with E-state index in [1.54, 1.807) is 27.7 Å². The van der Waals surface area contributed by atoms with Crippen molar-refractivity contribution in [2.45, 2.75) is 257 Å². The minimum absolute atomic E-state index is 0.00302. The molecule has 1 amide bonds. The fourth-order valence-electron chi connectivity index (χ4n) is 15.9. The summed E-state index contributed by atoms with van der Waals surface area (Å²) >= 11 is 0. The number of nitrogens with one attached hydrogen (secondary N) is 1. The SMILES string of the molecule is CCC[C@@H]1C=C[C@H]2/C=C(/C)[C@@H](O[C@@H]3C[C@](C)(O)[C@@H](NC(C)=O)[C@@H](C)O3)[C@H](C)/C=C(/C)[C@@H]3C=C[C@@H]4[C@@H](O[C@@H]5CC[C@H](O[C@H]6C[C@@H](O)[C@H](O[C@@H]7C[C@H](O)[C@H](O)[C@H](C)O7)[C@H](C)O6)[C@H](C)O5)[C@H](C)C[C@H](C)[C@H]4[C@@]3(C)/C(O)=C3/C(=O)O[C@@]2(C1)C3=O. The van der Waals surface area contributed by atoms with Crippen molar-refractivity contribution >= 4 is 17.7 Å². The molecule has 18 nitrogen and oxygen atoms in total. The lowest BCUT2D eigenvalue weighted by molar-refractivity contribution is -0.328. The molecule has 27 atom stereocenters. The molecular weight excluding hydrogens is 1030 g/mol. The number of carbonyl (C=O) groups is 3. The molecule has 5 aliphatic heterocycles. The lowest BCUT2D eigenvalue weighted by Crippen LogP contribution is -2.62. The van der Waals surface area contributed by atoms with E-state index in [0.717, 1.165) is 30.4 Å². The number of amides is 1. The van der Waals surface area contributed by atoms with E-state index in [-0.39, 0.29) is 90.6 Å². The van der Waals surface area contributed by atoms with Crippen molar-refractivity contribution < 1.29 is 82.5 Å². The molecular formula is C62H93NO17. The Balaban J connectivity index is 0.984. The van der Waals surface area contributed by atoms with Crippen LogP contribution < -0.4 is 5.32 Å². The van der Waals surface area contributed by atoms with Gasteiger partial charge in [-0.2, -0.15) is 0 Å². The molecule has 0 unspecified atom stereocenters. The summed E-state index contributed by atoms with van der Waals surface area (Å²) in [6, 6.07) is -0.667. The molecule has 0 aromatic rings. The number of hydrogen-bond donors (Lipinski definition) is 6. The van der Waals surface area contributed by atoms with E-state index in [1.807, 2.05) is 39.8 Å². The van der Waals surface area contributed by atoms with Crippen molar-refractivity contribution in [3.8, 4) is 0 Å². The van der Waals surface area contributed by atoms with Crippen LogP contribution in [0.4, 0.5) is 0 Å². The van der Waals surface area contributed by atoms with Crippen molar-refractivity contribution in [3.63, 3.8) is 0 Å². The molecule has 1 saturated carbocycles. The molecule has 4 aliphatic carbocycles. The summed E-state index contributed by atoms with van der Waals surface area (Å²) in [6.45, 7) is 24.8. The highest BCUT2D eigenvalue weighted by atomic mass is 16.7. The highest BCUT2D eigenvalue weighted by molar-refractivity contribution is 6.26. The van der Waals surface area contributed by atoms with E-state index in [2.05, 4.69) is 57.3 Å². The first-order valence-electron chi connectivity index (χ1n) is 29.9. The topological polar surface area (TPSA) is 247 Å². The number of carbonyl (C=O) groups excluding carboxylic acids is 3. The Morgan fingerprint density at radius 1 is 0.725 bits per heavy atom. The van der Waals surface area contributed by atoms with Gasteiger partial charge in [-0.05, 0) is 97.0 Å². The largest absolute Gasteiger partial charge is 0.511 e. The Hall–Kier alpha value is -3.37.